The summed E-state index contributed by atoms with van der Waals surface area (Å²) in [5.41, 5.74) is 0.448. The molecule has 14 heavy (non-hydrogen) atoms. The second-order valence-electron chi connectivity index (χ2n) is 6.26. The molecular formula is C13H27N. The Morgan fingerprint density at radius 3 is 2.14 bits per heavy atom. The second kappa shape index (κ2) is 5.16. The summed E-state index contributed by atoms with van der Waals surface area (Å²) in [4.78, 5) is 2.52. The minimum atomic E-state index is 0.448. The van der Waals surface area contributed by atoms with Gasteiger partial charge in [0.25, 0.3) is 0 Å². The van der Waals surface area contributed by atoms with Gasteiger partial charge in [0, 0.05) is 13.1 Å². The van der Waals surface area contributed by atoms with Crippen LogP contribution in [-0.4, -0.2) is 25.0 Å². The monoisotopic (exact) mass is 197 g/mol. The van der Waals surface area contributed by atoms with Crippen molar-refractivity contribution in [2.75, 3.05) is 20.1 Å². The van der Waals surface area contributed by atoms with Gasteiger partial charge in [0.1, 0.15) is 0 Å². The Labute approximate surface area is 89.9 Å². The lowest BCUT2D eigenvalue weighted by atomic mass is 9.88. The minimum Gasteiger partial charge on any atom is -0.306 e. The van der Waals surface area contributed by atoms with E-state index in [2.05, 4.69) is 32.7 Å². The maximum atomic E-state index is 2.52. The van der Waals surface area contributed by atoms with Crippen LogP contribution in [0.3, 0.4) is 0 Å². The van der Waals surface area contributed by atoms with E-state index >= 15 is 0 Å². The molecule has 0 unspecified atom stereocenters. The van der Waals surface area contributed by atoms with Gasteiger partial charge in [-0.3, -0.25) is 0 Å². The topological polar surface area (TPSA) is 3.24 Å². The van der Waals surface area contributed by atoms with Crippen LogP contribution in [0, 0.1) is 11.3 Å². The number of rotatable bonds is 3. The zero-order chi connectivity index (χ0) is 10.6. The van der Waals surface area contributed by atoms with E-state index in [1.165, 1.54) is 45.2 Å². The van der Waals surface area contributed by atoms with Crippen LogP contribution < -0.4 is 0 Å². The third-order valence-corrected chi connectivity index (χ3v) is 3.04. The first-order valence-corrected chi connectivity index (χ1v) is 6.16. The lowest BCUT2D eigenvalue weighted by Gasteiger charge is -2.31. The van der Waals surface area contributed by atoms with Gasteiger partial charge in [-0.05, 0) is 31.2 Å². The van der Waals surface area contributed by atoms with Gasteiger partial charge in [0.2, 0.25) is 0 Å². The Bertz CT molecular complexity index is 151. The number of nitrogens with zero attached hydrogens (tertiary/aromatic N) is 1. The van der Waals surface area contributed by atoms with Crippen LogP contribution in [-0.2, 0) is 0 Å². The van der Waals surface area contributed by atoms with Crippen molar-refractivity contribution in [1.82, 2.24) is 4.90 Å². The molecule has 0 aromatic heterocycles. The van der Waals surface area contributed by atoms with Gasteiger partial charge in [0.15, 0.2) is 0 Å². The van der Waals surface area contributed by atoms with E-state index < -0.39 is 0 Å². The SMILES string of the molecule is CN(CC1CCCCC1)CC(C)(C)C. The van der Waals surface area contributed by atoms with Crippen molar-refractivity contribution in [3.05, 3.63) is 0 Å². The smallest absolute Gasteiger partial charge is 0.00271 e. The molecule has 1 rings (SSSR count). The van der Waals surface area contributed by atoms with E-state index in [-0.39, 0.29) is 0 Å². The zero-order valence-electron chi connectivity index (χ0n) is 10.5. The van der Waals surface area contributed by atoms with Crippen molar-refractivity contribution in [1.29, 1.82) is 0 Å². The Kier molecular flexibility index (Phi) is 4.43. The lowest BCUT2D eigenvalue weighted by Crippen LogP contribution is -2.33. The summed E-state index contributed by atoms with van der Waals surface area (Å²) >= 11 is 0. The quantitative estimate of drug-likeness (QED) is 0.669. The zero-order valence-corrected chi connectivity index (χ0v) is 10.5. The molecule has 0 aromatic carbocycles. The highest BCUT2D eigenvalue weighted by atomic mass is 15.1. The molecule has 1 heteroatoms. The van der Waals surface area contributed by atoms with Crippen molar-refractivity contribution >= 4 is 0 Å². The van der Waals surface area contributed by atoms with Crippen LogP contribution in [0.2, 0.25) is 0 Å². The molecule has 1 aliphatic carbocycles. The Morgan fingerprint density at radius 2 is 1.64 bits per heavy atom. The van der Waals surface area contributed by atoms with Gasteiger partial charge in [-0.15, -0.1) is 0 Å². The van der Waals surface area contributed by atoms with Crippen LogP contribution in [0.25, 0.3) is 0 Å². The standard InChI is InChI=1S/C13H27N/c1-13(2,3)11-14(4)10-12-8-6-5-7-9-12/h12H,5-11H2,1-4H3. The highest BCUT2D eigenvalue weighted by Gasteiger charge is 2.18. The fourth-order valence-corrected chi connectivity index (χ4v) is 2.68. The van der Waals surface area contributed by atoms with Crippen molar-refractivity contribution in [3.8, 4) is 0 Å². The predicted molar refractivity (Wildman–Crippen MR) is 63.5 cm³/mol. The molecule has 0 aliphatic heterocycles. The summed E-state index contributed by atoms with van der Waals surface area (Å²) in [5.74, 6) is 0.982. The normalized spacial score (nSPS) is 20.4. The number of hydrogen-bond donors (Lipinski definition) is 0. The largest absolute Gasteiger partial charge is 0.306 e. The van der Waals surface area contributed by atoms with E-state index in [1.807, 2.05) is 0 Å². The highest BCUT2D eigenvalue weighted by Crippen LogP contribution is 2.25. The molecule has 0 amide bonds. The summed E-state index contributed by atoms with van der Waals surface area (Å²) in [6, 6.07) is 0. The van der Waals surface area contributed by atoms with Crippen LogP contribution >= 0.6 is 0 Å². The molecular weight excluding hydrogens is 170 g/mol. The Morgan fingerprint density at radius 1 is 1.07 bits per heavy atom. The summed E-state index contributed by atoms with van der Waals surface area (Å²) < 4.78 is 0. The molecule has 0 heterocycles. The van der Waals surface area contributed by atoms with Crippen molar-refractivity contribution in [2.24, 2.45) is 11.3 Å². The Balaban J connectivity index is 2.21. The van der Waals surface area contributed by atoms with E-state index in [0.29, 0.717) is 5.41 Å². The molecule has 0 aromatic rings. The maximum absolute atomic E-state index is 2.52. The van der Waals surface area contributed by atoms with Crippen molar-refractivity contribution < 1.29 is 0 Å². The van der Waals surface area contributed by atoms with Gasteiger partial charge < -0.3 is 4.90 Å². The molecule has 84 valence electrons. The van der Waals surface area contributed by atoms with Crippen LogP contribution in [0.5, 0.6) is 0 Å². The fourth-order valence-electron chi connectivity index (χ4n) is 2.68. The summed E-state index contributed by atoms with van der Waals surface area (Å²) in [6.07, 6.45) is 7.34. The molecule has 0 N–H and O–H groups in total. The van der Waals surface area contributed by atoms with E-state index in [1.54, 1.807) is 0 Å². The predicted octanol–water partition coefficient (Wildman–Crippen LogP) is 3.54. The van der Waals surface area contributed by atoms with Crippen LogP contribution in [0.15, 0.2) is 0 Å². The van der Waals surface area contributed by atoms with E-state index in [0.717, 1.165) is 5.92 Å². The van der Waals surface area contributed by atoms with Gasteiger partial charge in [0.05, 0.1) is 0 Å². The first-order valence-electron chi connectivity index (χ1n) is 6.16. The average molecular weight is 197 g/mol. The third-order valence-electron chi connectivity index (χ3n) is 3.04. The van der Waals surface area contributed by atoms with Gasteiger partial charge >= 0.3 is 0 Å². The summed E-state index contributed by atoms with van der Waals surface area (Å²) in [5, 5.41) is 0. The summed E-state index contributed by atoms with van der Waals surface area (Å²) in [7, 11) is 2.28. The molecule has 0 saturated heterocycles. The van der Waals surface area contributed by atoms with Crippen LogP contribution in [0.4, 0.5) is 0 Å². The van der Waals surface area contributed by atoms with E-state index in [9.17, 15) is 0 Å². The molecule has 1 saturated carbocycles. The van der Waals surface area contributed by atoms with E-state index in [4.69, 9.17) is 0 Å². The third kappa shape index (κ3) is 4.99. The highest BCUT2D eigenvalue weighted by molar-refractivity contribution is 4.72. The summed E-state index contributed by atoms with van der Waals surface area (Å²) in [6.45, 7) is 9.51. The average Bonchev–Trinajstić information content (AvgIpc) is 2.02. The molecule has 0 radical (unpaired) electrons. The van der Waals surface area contributed by atoms with Gasteiger partial charge in [-0.25, -0.2) is 0 Å². The van der Waals surface area contributed by atoms with Crippen molar-refractivity contribution in [3.63, 3.8) is 0 Å². The molecule has 1 fully saturated rings. The number of hydrogen-bond acceptors (Lipinski definition) is 1. The first kappa shape index (κ1) is 12.0. The first-order chi connectivity index (χ1) is 6.47. The van der Waals surface area contributed by atoms with Gasteiger partial charge in [-0.2, -0.15) is 0 Å². The van der Waals surface area contributed by atoms with Crippen LogP contribution in [0.1, 0.15) is 52.9 Å². The Hall–Kier alpha value is -0.0400. The molecule has 1 nitrogen and oxygen atoms in total. The fraction of sp³-hybridized carbons (Fsp3) is 1.00. The molecule has 0 atom stereocenters. The molecule has 0 spiro atoms. The van der Waals surface area contributed by atoms with Gasteiger partial charge in [-0.1, -0.05) is 40.0 Å². The minimum absolute atomic E-state index is 0.448. The maximum Gasteiger partial charge on any atom is 0.00271 e. The molecule has 1 aliphatic rings. The molecule has 0 bridgehead atoms. The lowest BCUT2D eigenvalue weighted by molar-refractivity contribution is 0.180. The second-order valence-corrected chi connectivity index (χ2v) is 6.26. The van der Waals surface area contributed by atoms with Crippen molar-refractivity contribution in [2.45, 2.75) is 52.9 Å².